The summed E-state index contributed by atoms with van der Waals surface area (Å²) in [4.78, 5) is 26.4. The normalized spacial score (nSPS) is 41.9. The SMILES string of the molecule is CC(C)C1CCC(C)C(C(=O)C2(C)CCC(C)C2(C)C)C1=O. The van der Waals surface area contributed by atoms with Crippen LogP contribution in [0.3, 0.4) is 0 Å². The van der Waals surface area contributed by atoms with Gasteiger partial charge in [-0.15, -0.1) is 0 Å². The summed E-state index contributed by atoms with van der Waals surface area (Å²) in [6.45, 7) is 15.2. The van der Waals surface area contributed by atoms with E-state index in [0.29, 0.717) is 11.8 Å². The topological polar surface area (TPSA) is 34.1 Å². The fourth-order valence-corrected chi connectivity index (χ4v) is 4.83. The van der Waals surface area contributed by atoms with E-state index in [4.69, 9.17) is 0 Å². The first-order valence-electron chi connectivity index (χ1n) is 9.12. The van der Waals surface area contributed by atoms with E-state index in [9.17, 15) is 9.59 Å². The zero-order chi connectivity index (χ0) is 16.9. The predicted molar refractivity (Wildman–Crippen MR) is 90.5 cm³/mol. The van der Waals surface area contributed by atoms with Gasteiger partial charge in [0.2, 0.25) is 0 Å². The summed E-state index contributed by atoms with van der Waals surface area (Å²) in [7, 11) is 0. The van der Waals surface area contributed by atoms with Crippen molar-refractivity contribution in [1.82, 2.24) is 0 Å². The Balaban J connectivity index is 2.33. The Bertz CT molecular complexity index is 462. The lowest BCUT2D eigenvalue weighted by Gasteiger charge is -2.44. The van der Waals surface area contributed by atoms with E-state index in [1.807, 2.05) is 0 Å². The van der Waals surface area contributed by atoms with Crippen molar-refractivity contribution < 1.29 is 9.59 Å². The van der Waals surface area contributed by atoms with Gasteiger partial charge in [0.25, 0.3) is 0 Å². The lowest BCUT2D eigenvalue weighted by molar-refractivity contribution is -0.149. The Hall–Kier alpha value is -0.660. The van der Waals surface area contributed by atoms with Crippen molar-refractivity contribution in [2.45, 2.75) is 74.1 Å². The molecule has 5 unspecified atom stereocenters. The highest BCUT2D eigenvalue weighted by Crippen LogP contribution is 2.58. The Kier molecular flexibility index (Phi) is 4.63. The van der Waals surface area contributed by atoms with Gasteiger partial charge in [0.1, 0.15) is 11.6 Å². The molecule has 0 saturated heterocycles. The van der Waals surface area contributed by atoms with Gasteiger partial charge in [-0.25, -0.2) is 0 Å². The molecule has 0 bridgehead atoms. The van der Waals surface area contributed by atoms with Gasteiger partial charge in [-0.2, -0.15) is 0 Å². The summed E-state index contributed by atoms with van der Waals surface area (Å²) in [5, 5.41) is 0. The molecule has 126 valence electrons. The number of Topliss-reactive ketones (excluding diaryl/α,β-unsaturated/α-hetero) is 2. The van der Waals surface area contributed by atoms with E-state index in [-0.39, 0.29) is 40.2 Å². The number of carbonyl (C=O) groups excluding carboxylic acids is 2. The van der Waals surface area contributed by atoms with E-state index in [1.54, 1.807) is 0 Å². The molecule has 0 amide bonds. The monoisotopic (exact) mass is 306 g/mol. The van der Waals surface area contributed by atoms with Gasteiger partial charge in [-0.05, 0) is 48.9 Å². The first-order valence-corrected chi connectivity index (χ1v) is 9.12. The molecule has 2 heteroatoms. The number of carbonyl (C=O) groups is 2. The summed E-state index contributed by atoms with van der Waals surface area (Å²) >= 11 is 0. The molecule has 0 aliphatic heterocycles. The van der Waals surface area contributed by atoms with Gasteiger partial charge >= 0.3 is 0 Å². The van der Waals surface area contributed by atoms with E-state index in [1.165, 1.54) is 0 Å². The molecule has 2 aliphatic rings. The fraction of sp³-hybridized carbons (Fsp3) is 0.900. The Morgan fingerprint density at radius 3 is 2.14 bits per heavy atom. The molecule has 0 aromatic heterocycles. The third-order valence-corrected chi connectivity index (χ3v) is 7.54. The lowest BCUT2D eigenvalue weighted by atomic mass is 9.57. The van der Waals surface area contributed by atoms with Crippen molar-refractivity contribution >= 4 is 11.6 Å². The van der Waals surface area contributed by atoms with E-state index in [0.717, 1.165) is 25.7 Å². The minimum absolute atomic E-state index is 0.0190. The van der Waals surface area contributed by atoms with Crippen LogP contribution in [0.1, 0.15) is 74.1 Å². The van der Waals surface area contributed by atoms with E-state index < -0.39 is 0 Å². The molecule has 2 rings (SSSR count). The van der Waals surface area contributed by atoms with Crippen molar-refractivity contribution in [3.05, 3.63) is 0 Å². The van der Waals surface area contributed by atoms with Crippen molar-refractivity contribution in [2.75, 3.05) is 0 Å². The second-order valence-electron chi connectivity index (χ2n) is 9.14. The molecule has 2 fully saturated rings. The summed E-state index contributed by atoms with van der Waals surface area (Å²) in [5.41, 5.74) is -0.366. The van der Waals surface area contributed by atoms with Crippen molar-refractivity contribution in [3.8, 4) is 0 Å². The Labute approximate surface area is 136 Å². The van der Waals surface area contributed by atoms with Crippen LogP contribution in [0.15, 0.2) is 0 Å². The van der Waals surface area contributed by atoms with Crippen LogP contribution < -0.4 is 0 Å². The zero-order valence-electron chi connectivity index (χ0n) is 15.5. The molecule has 5 atom stereocenters. The van der Waals surface area contributed by atoms with Gasteiger partial charge in [0, 0.05) is 11.3 Å². The molecule has 2 nitrogen and oxygen atoms in total. The fourth-order valence-electron chi connectivity index (χ4n) is 4.83. The Morgan fingerprint density at radius 1 is 1.09 bits per heavy atom. The first kappa shape index (κ1) is 17.7. The minimum atomic E-state index is -0.365. The van der Waals surface area contributed by atoms with Crippen LogP contribution in [-0.4, -0.2) is 11.6 Å². The maximum Gasteiger partial charge on any atom is 0.150 e. The van der Waals surface area contributed by atoms with Crippen LogP contribution >= 0.6 is 0 Å². The average Bonchev–Trinajstić information content (AvgIpc) is 2.62. The smallest absolute Gasteiger partial charge is 0.150 e. The molecule has 0 radical (unpaired) electrons. The van der Waals surface area contributed by atoms with Crippen LogP contribution in [0.5, 0.6) is 0 Å². The van der Waals surface area contributed by atoms with Crippen LogP contribution in [0.25, 0.3) is 0 Å². The van der Waals surface area contributed by atoms with E-state index in [2.05, 4.69) is 48.5 Å². The van der Waals surface area contributed by atoms with Crippen LogP contribution in [0, 0.1) is 40.4 Å². The lowest BCUT2D eigenvalue weighted by Crippen LogP contribution is -2.50. The molecule has 0 aromatic carbocycles. The molecule has 0 aromatic rings. The first-order chi connectivity index (χ1) is 10.0. The van der Waals surface area contributed by atoms with Gasteiger partial charge in [-0.1, -0.05) is 48.5 Å². The predicted octanol–water partition coefficient (Wildman–Crippen LogP) is 4.91. The van der Waals surface area contributed by atoms with E-state index >= 15 is 0 Å². The molecule has 0 heterocycles. The number of hydrogen-bond donors (Lipinski definition) is 0. The van der Waals surface area contributed by atoms with Gasteiger partial charge in [0.05, 0.1) is 5.92 Å². The van der Waals surface area contributed by atoms with Gasteiger partial charge in [0.15, 0.2) is 0 Å². The molecule has 2 saturated carbocycles. The molecule has 2 aliphatic carbocycles. The summed E-state index contributed by atoms with van der Waals surface area (Å²) in [6.07, 6.45) is 4.00. The van der Waals surface area contributed by atoms with Crippen LogP contribution in [0.2, 0.25) is 0 Å². The quantitative estimate of drug-likeness (QED) is 0.695. The van der Waals surface area contributed by atoms with Crippen molar-refractivity contribution in [1.29, 1.82) is 0 Å². The summed E-state index contributed by atoms with van der Waals surface area (Å²) < 4.78 is 0. The van der Waals surface area contributed by atoms with Crippen molar-refractivity contribution in [3.63, 3.8) is 0 Å². The number of ketones is 2. The molecular weight excluding hydrogens is 272 g/mol. The molecule has 22 heavy (non-hydrogen) atoms. The highest BCUT2D eigenvalue weighted by Gasteiger charge is 2.57. The summed E-state index contributed by atoms with van der Waals surface area (Å²) in [6, 6.07) is 0. The maximum absolute atomic E-state index is 13.5. The van der Waals surface area contributed by atoms with Gasteiger partial charge < -0.3 is 0 Å². The zero-order valence-corrected chi connectivity index (χ0v) is 15.5. The van der Waals surface area contributed by atoms with Crippen LogP contribution in [0.4, 0.5) is 0 Å². The number of hydrogen-bond acceptors (Lipinski definition) is 2. The van der Waals surface area contributed by atoms with Crippen LogP contribution in [-0.2, 0) is 9.59 Å². The largest absolute Gasteiger partial charge is 0.299 e. The molecule has 0 N–H and O–H groups in total. The maximum atomic E-state index is 13.5. The number of rotatable bonds is 3. The third kappa shape index (κ3) is 2.47. The minimum Gasteiger partial charge on any atom is -0.299 e. The van der Waals surface area contributed by atoms with Crippen molar-refractivity contribution in [2.24, 2.45) is 40.4 Å². The van der Waals surface area contributed by atoms with Gasteiger partial charge in [-0.3, -0.25) is 9.59 Å². The highest BCUT2D eigenvalue weighted by atomic mass is 16.2. The highest BCUT2D eigenvalue weighted by molar-refractivity contribution is 6.06. The standard InChI is InChI=1S/C20H34O2/c1-12(2)15-9-8-13(3)16(17(15)21)18(22)20(7)11-10-14(4)19(20,5)6/h12-16H,8-11H2,1-7H3. The third-order valence-electron chi connectivity index (χ3n) is 7.54. The molecular formula is C20H34O2. The second-order valence-corrected chi connectivity index (χ2v) is 9.14. The molecule has 0 spiro atoms. The average molecular weight is 306 g/mol. The Morgan fingerprint density at radius 2 is 1.68 bits per heavy atom. The second kappa shape index (κ2) is 5.76. The summed E-state index contributed by atoms with van der Waals surface area (Å²) in [5.74, 6) is 1.28.